The number of rotatable bonds is 7. The zero-order valence-electron chi connectivity index (χ0n) is 9.37. The first kappa shape index (κ1) is 13.7. The van der Waals surface area contributed by atoms with Crippen LogP contribution in [0.15, 0.2) is 16.9 Å². The number of sulfonamides is 1. The van der Waals surface area contributed by atoms with Gasteiger partial charge in [-0.15, -0.1) is 0 Å². The predicted molar refractivity (Wildman–Crippen MR) is 58.6 cm³/mol. The molecule has 17 heavy (non-hydrogen) atoms. The number of hydrogen-bond donors (Lipinski definition) is 1. The summed E-state index contributed by atoms with van der Waals surface area (Å²) in [6, 6.07) is 1.47. The Kier molecular flexibility index (Phi) is 4.64. The zero-order valence-corrected chi connectivity index (χ0v) is 10.2. The minimum atomic E-state index is -3.46. The van der Waals surface area contributed by atoms with Gasteiger partial charge in [0.1, 0.15) is 12.0 Å². The molecule has 1 N–H and O–H groups in total. The summed E-state index contributed by atoms with van der Waals surface area (Å²) in [5.74, 6) is -1.18. The Bertz CT molecular complexity index is 454. The highest BCUT2D eigenvalue weighted by Crippen LogP contribution is 2.08. The van der Waals surface area contributed by atoms with Gasteiger partial charge in [0, 0.05) is 26.1 Å². The first-order valence-electron chi connectivity index (χ1n) is 4.97. The first-order valence-corrected chi connectivity index (χ1v) is 6.58. The predicted octanol–water partition coefficient (Wildman–Crippen LogP) is 0.301. The fourth-order valence-electron chi connectivity index (χ4n) is 1.20. The van der Waals surface area contributed by atoms with Crippen molar-refractivity contribution in [2.24, 2.45) is 0 Å². The quantitative estimate of drug-likeness (QED) is 0.758. The molecular weight excluding hydrogens is 248 g/mol. The van der Waals surface area contributed by atoms with Crippen molar-refractivity contribution in [1.82, 2.24) is 9.46 Å². The van der Waals surface area contributed by atoms with Crippen LogP contribution < -0.4 is 0 Å². The van der Waals surface area contributed by atoms with E-state index in [0.717, 1.165) is 4.31 Å². The van der Waals surface area contributed by atoms with Crippen molar-refractivity contribution in [3.63, 3.8) is 0 Å². The Hall–Kier alpha value is -1.41. The lowest BCUT2D eigenvalue weighted by Gasteiger charge is -2.15. The van der Waals surface area contributed by atoms with Gasteiger partial charge in [-0.3, -0.25) is 4.79 Å². The lowest BCUT2D eigenvalue weighted by molar-refractivity contribution is -0.137. The molecule has 0 spiro atoms. The number of aliphatic carboxylic acids is 1. The molecule has 8 heteroatoms. The smallest absolute Gasteiger partial charge is 0.303 e. The molecule has 0 amide bonds. The fourth-order valence-corrected chi connectivity index (χ4v) is 2.35. The molecule has 1 heterocycles. The fraction of sp³-hybridized carbons (Fsp3) is 0.556. The van der Waals surface area contributed by atoms with Gasteiger partial charge in [-0.1, -0.05) is 5.16 Å². The average molecular weight is 262 g/mol. The van der Waals surface area contributed by atoms with Gasteiger partial charge < -0.3 is 9.63 Å². The summed E-state index contributed by atoms with van der Waals surface area (Å²) >= 11 is 0. The van der Waals surface area contributed by atoms with Gasteiger partial charge in [0.2, 0.25) is 10.0 Å². The van der Waals surface area contributed by atoms with Gasteiger partial charge >= 0.3 is 5.97 Å². The van der Waals surface area contributed by atoms with Gasteiger partial charge in [0.25, 0.3) is 0 Å². The highest BCUT2D eigenvalue weighted by molar-refractivity contribution is 7.88. The molecule has 0 fully saturated rings. The Balaban J connectivity index is 2.49. The maximum Gasteiger partial charge on any atom is 0.303 e. The van der Waals surface area contributed by atoms with E-state index in [4.69, 9.17) is 5.11 Å². The van der Waals surface area contributed by atoms with E-state index in [1.54, 1.807) is 0 Å². The lowest BCUT2D eigenvalue weighted by Crippen LogP contribution is -2.29. The second-order valence-electron chi connectivity index (χ2n) is 3.57. The van der Waals surface area contributed by atoms with Crippen molar-refractivity contribution < 1.29 is 22.8 Å². The third kappa shape index (κ3) is 4.53. The Morgan fingerprint density at radius 1 is 1.59 bits per heavy atom. The summed E-state index contributed by atoms with van der Waals surface area (Å²) in [7, 11) is -2.05. The molecule has 0 saturated carbocycles. The zero-order chi connectivity index (χ0) is 12.9. The second-order valence-corrected chi connectivity index (χ2v) is 5.64. The highest BCUT2D eigenvalue weighted by atomic mass is 32.2. The van der Waals surface area contributed by atoms with Gasteiger partial charge in [-0.25, -0.2) is 12.7 Å². The summed E-state index contributed by atoms with van der Waals surface area (Å²) in [4.78, 5) is 10.3. The molecule has 0 aliphatic carbocycles. The van der Waals surface area contributed by atoms with Gasteiger partial charge in [-0.05, 0) is 6.42 Å². The van der Waals surface area contributed by atoms with E-state index in [0.29, 0.717) is 5.69 Å². The van der Waals surface area contributed by atoms with Crippen LogP contribution in [0.3, 0.4) is 0 Å². The molecule has 0 saturated heterocycles. The minimum Gasteiger partial charge on any atom is -0.481 e. The topological polar surface area (TPSA) is 101 Å². The van der Waals surface area contributed by atoms with Gasteiger partial charge in [0.15, 0.2) is 0 Å². The highest BCUT2D eigenvalue weighted by Gasteiger charge is 2.19. The van der Waals surface area contributed by atoms with Crippen molar-refractivity contribution in [3.8, 4) is 0 Å². The molecule has 0 radical (unpaired) electrons. The summed E-state index contributed by atoms with van der Waals surface area (Å²) in [5, 5.41) is 12.0. The van der Waals surface area contributed by atoms with E-state index in [9.17, 15) is 13.2 Å². The van der Waals surface area contributed by atoms with Crippen molar-refractivity contribution in [3.05, 3.63) is 18.0 Å². The summed E-state index contributed by atoms with van der Waals surface area (Å²) in [5.41, 5.74) is 0.329. The molecule has 1 aromatic rings. The summed E-state index contributed by atoms with van der Waals surface area (Å²) < 4.78 is 29.2. The lowest BCUT2D eigenvalue weighted by atomic mass is 10.3. The van der Waals surface area contributed by atoms with Crippen LogP contribution in [-0.4, -0.2) is 42.5 Å². The number of nitrogens with zero attached hydrogens (tertiary/aromatic N) is 2. The Labute approximate surface area is 99.1 Å². The Morgan fingerprint density at radius 2 is 2.29 bits per heavy atom. The third-order valence-electron chi connectivity index (χ3n) is 2.16. The average Bonchev–Trinajstić information content (AvgIpc) is 2.68. The van der Waals surface area contributed by atoms with Crippen LogP contribution in [0.1, 0.15) is 18.5 Å². The van der Waals surface area contributed by atoms with Crippen molar-refractivity contribution in [2.45, 2.75) is 18.6 Å². The summed E-state index contributed by atoms with van der Waals surface area (Å²) in [6.07, 6.45) is 1.53. The van der Waals surface area contributed by atoms with Gasteiger partial charge in [-0.2, -0.15) is 0 Å². The first-order chi connectivity index (χ1) is 7.92. The van der Waals surface area contributed by atoms with E-state index in [2.05, 4.69) is 9.68 Å². The maximum absolute atomic E-state index is 11.8. The molecule has 0 aliphatic rings. The van der Waals surface area contributed by atoms with Crippen LogP contribution in [0.25, 0.3) is 0 Å². The monoisotopic (exact) mass is 262 g/mol. The van der Waals surface area contributed by atoms with E-state index in [-0.39, 0.29) is 25.1 Å². The second kappa shape index (κ2) is 5.78. The normalized spacial score (nSPS) is 11.9. The van der Waals surface area contributed by atoms with Crippen LogP contribution in [0.2, 0.25) is 0 Å². The molecular formula is C9H14N2O5S. The molecule has 1 rings (SSSR count). The van der Waals surface area contributed by atoms with E-state index < -0.39 is 16.0 Å². The SMILES string of the molecule is CN(CCCC(=O)O)S(=O)(=O)Cc1ccon1. The van der Waals surface area contributed by atoms with E-state index in [1.165, 1.54) is 19.4 Å². The summed E-state index contributed by atoms with van der Waals surface area (Å²) in [6.45, 7) is 0.173. The molecule has 7 nitrogen and oxygen atoms in total. The molecule has 0 atom stereocenters. The van der Waals surface area contributed by atoms with E-state index in [1.807, 2.05) is 0 Å². The van der Waals surface area contributed by atoms with Gasteiger partial charge in [0.05, 0.1) is 5.69 Å². The molecule has 0 aliphatic heterocycles. The van der Waals surface area contributed by atoms with E-state index >= 15 is 0 Å². The van der Waals surface area contributed by atoms with Crippen LogP contribution >= 0.6 is 0 Å². The molecule has 0 bridgehead atoms. The number of carboxylic acid groups (broad SMARTS) is 1. The third-order valence-corrected chi connectivity index (χ3v) is 3.95. The van der Waals surface area contributed by atoms with Crippen molar-refractivity contribution >= 4 is 16.0 Å². The number of carbonyl (C=O) groups is 1. The largest absolute Gasteiger partial charge is 0.481 e. The molecule has 0 aromatic carbocycles. The number of hydrogen-bond acceptors (Lipinski definition) is 5. The molecule has 1 aromatic heterocycles. The van der Waals surface area contributed by atoms with Crippen LogP contribution in [-0.2, 0) is 20.6 Å². The van der Waals surface area contributed by atoms with Crippen LogP contribution in [0.5, 0.6) is 0 Å². The van der Waals surface area contributed by atoms with Crippen LogP contribution in [0.4, 0.5) is 0 Å². The van der Waals surface area contributed by atoms with Crippen molar-refractivity contribution in [2.75, 3.05) is 13.6 Å². The Morgan fingerprint density at radius 3 is 2.82 bits per heavy atom. The van der Waals surface area contributed by atoms with Crippen molar-refractivity contribution in [1.29, 1.82) is 0 Å². The number of carboxylic acids is 1. The standard InChI is InChI=1S/C9H14N2O5S/c1-11(5-2-3-9(12)13)17(14,15)7-8-4-6-16-10-8/h4,6H,2-3,5,7H2,1H3,(H,12,13). The minimum absolute atomic E-state index is 0.0518. The van der Waals surface area contributed by atoms with Crippen LogP contribution in [0, 0.1) is 0 Å². The molecule has 0 unspecified atom stereocenters. The number of aromatic nitrogens is 1. The maximum atomic E-state index is 11.8. The molecule has 96 valence electrons.